The van der Waals surface area contributed by atoms with Gasteiger partial charge in [-0.25, -0.2) is 12.0 Å². The maximum atomic E-state index is 3.40. The van der Waals surface area contributed by atoms with E-state index in [2.05, 4.69) is 198 Å². The van der Waals surface area contributed by atoms with Crippen LogP contribution in [-0.2, 0) is 30.7 Å². The van der Waals surface area contributed by atoms with Crippen LogP contribution in [0.2, 0.25) is 0 Å². The van der Waals surface area contributed by atoms with Crippen molar-refractivity contribution in [2.45, 2.75) is 115 Å². The van der Waals surface area contributed by atoms with Gasteiger partial charge in [0.05, 0.1) is 0 Å². The third-order valence-electron chi connectivity index (χ3n) is 15.2. The average Bonchev–Trinajstić information content (AvgIpc) is 3.81. The number of hydrogen-bond donors (Lipinski definition) is 0. The van der Waals surface area contributed by atoms with Crippen LogP contribution in [0.4, 0.5) is 0 Å². The molecule has 0 heterocycles. The van der Waals surface area contributed by atoms with Crippen LogP contribution in [0, 0.1) is 50.9 Å². The second-order valence-electron chi connectivity index (χ2n) is 19.4. The third-order valence-corrected chi connectivity index (χ3v) is 16.6. The summed E-state index contributed by atoms with van der Waals surface area (Å²) in [5.41, 5.74) is 14.7. The zero-order valence-corrected chi connectivity index (χ0v) is 40.8. The molecule has 0 saturated heterocycles. The Kier molecular flexibility index (Phi) is 15.0. The Hall–Kier alpha value is -2.44. The molecule has 3 atom stereocenters. The van der Waals surface area contributed by atoms with E-state index in [0.717, 1.165) is 6.42 Å². The fourth-order valence-corrected chi connectivity index (χ4v) is 11.2. The molecule has 8 rings (SSSR count). The second-order valence-corrected chi connectivity index (χ2v) is 20.7. The summed E-state index contributed by atoms with van der Waals surface area (Å²) in [6.07, 6.45) is 18.9. The topological polar surface area (TPSA) is 0 Å². The van der Waals surface area contributed by atoms with Crippen molar-refractivity contribution in [3.63, 3.8) is 0 Å². The quantitative estimate of drug-likeness (QED) is 0.231. The first-order chi connectivity index (χ1) is 25.9. The molecule has 3 aromatic carbocycles. The Bertz CT molecular complexity index is 2000. The van der Waals surface area contributed by atoms with Crippen LogP contribution in [-0.4, -0.2) is 3.21 Å². The van der Waals surface area contributed by atoms with Crippen molar-refractivity contribution >= 4 is 8.78 Å². The van der Waals surface area contributed by atoms with Gasteiger partial charge < -0.3 is 24.8 Å². The molecule has 57 heavy (non-hydrogen) atoms. The number of hydrogen-bond acceptors (Lipinski definition) is 0. The molecule has 3 heteroatoms. The van der Waals surface area contributed by atoms with Gasteiger partial charge in [-0.2, -0.15) is 22.8 Å². The molecular weight excluding hydrogens is 811 g/mol. The van der Waals surface area contributed by atoms with Crippen molar-refractivity contribution in [1.29, 1.82) is 0 Å². The van der Waals surface area contributed by atoms with Crippen molar-refractivity contribution in [1.82, 2.24) is 0 Å². The minimum atomic E-state index is 0. The van der Waals surface area contributed by atoms with Gasteiger partial charge in [0.25, 0.3) is 0 Å². The average molecular weight is 877 g/mol. The Balaban J connectivity index is 0.000000215. The molecule has 0 aliphatic heterocycles. The molecule has 302 valence electrons. The second kappa shape index (κ2) is 18.0. The molecule has 0 spiro atoms. The molecule has 1 fully saturated rings. The van der Waals surface area contributed by atoms with Gasteiger partial charge in [-0.3, -0.25) is 6.08 Å². The number of allylic oxidation sites excluding steroid dienone is 10. The Morgan fingerprint density at radius 2 is 1.37 bits per heavy atom. The van der Waals surface area contributed by atoms with E-state index in [1.54, 1.807) is 28.2 Å². The van der Waals surface area contributed by atoms with Crippen LogP contribution in [0.25, 0.3) is 5.57 Å². The summed E-state index contributed by atoms with van der Waals surface area (Å²) >= 11 is 1.46. The van der Waals surface area contributed by atoms with Gasteiger partial charge in [0.15, 0.2) is 0 Å². The first-order valence-electron chi connectivity index (χ1n) is 21.0. The van der Waals surface area contributed by atoms with Crippen LogP contribution in [0.3, 0.4) is 0 Å². The minimum absolute atomic E-state index is 0. The van der Waals surface area contributed by atoms with Gasteiger partial charge in [0.1, 0.15) is 0 Å². The summed E-state index contributed by atoms with van der Waals surface area (Å²) in [6.45, 7) is 29.3. The van der Waals surface area contributed by atoms with Crippen molar-refractivity contribution in [3.05, 3.63) is 166 Å². The fraction of sp³-hybridized carbons (Fsp3) is 0.444. The summed E-state index contributed by atoms with van der Waals surface area (Å²) in [7, 11) is 0. The van der Waals surface area contributed by atoms with Gasteiger partial charge >= 0.3 is 99.2 Å². The summed E-state index contributed by atoms with van der Waals surface area (Å²) in [4.78, 5) is 0. The van der Waals surface area contributed by atoms with E-state index in [0.29, 0.717) is 17.3 Å². The Morgan fingerprint density at radius 1 is 0.807 bits per heavy atom. The summed E-state index contributed by atoms with van der Waals surface area (Å²) in [5.74, 6) is 2.83. The van der Waals surface area contributed by atoms with Gasteiger partial charge in [-0.1, -0.05) is 165 Å². The van der Waals surface area contributed by atoms with E-state index in [4.69, 9.17) is 0 Å². The standard InChI is InChI=1S/C29H37.C13H10.C12H19.2ClH.Zr/c1-18-25-22-17-19-13-9-10-14-20(19)24(22)21-15-11-12-16-23(21)29(25,8)28(6,7)27(4,5)26(18,2)3;1-3-7-12(8-4-1)11-13-9-5-2-6-10-13;1-5-6-10-7-8-11(9-10)12(2,3)4;;;/h9-11,13-15,23H,12,16-17H2,1-8H3;1-10H;8-10H,5-6H2,1-4H3;2*1H;/q-1;;-1;;;+2/p-2. The molecule has 5 aliphatic rings. The molecule has 0 amide bonds. The first kappa shape index (κ1) is 47.2. The zero-order chi connectivity index (χ0) is 40.0. The zero-order valence-electron chi connectivity index (χ0n) is 36.8. The predicted octanol–water partition coefficient (Wildman–Crippen LogP) is 8.52. The molecule has 3 unspecified atom stereocenters. The van der Waals surface area contributed by atoms with Gasteiger partial charge in [-0.15, -0.1) is 6.92 Å². The van der Waals surface area contributed by atoms with E-state index in [1.807, 2.05) is 0 Å². The molecule has 0 aromatic heterocycles. The van der Waals surface area contributed by atoms with Crippen LogP contribution in [0.15, 0.2) is 132 Å². The first-order valence-corrected chi connectivity index (χ1v) is 22.2. The fourth-order valence-electron chi connectivity index (χ4n) is 10.4. The molecule has 1 saturated carbocycles. The molecular formula is C54H66Cl2Zr-2. The SMILES string of the molecule is CCCC1[C-]=CC(C(C)(C)C)=C1.C[C-]1C2=C3Cc4ccccc4C3=C3C=CCCC3C2(C)C(C)(C)C(C)(C)C1(C)C.[Cl-].[Cl-].[Zr+2]=[C](c1ccccc1)c1ccccc1. The molecule has 0 bridgehead atoms. The van der Waals surface area contributed by atoms with Crippen molar-refractivity contribution < 1.29 is 49.0 Å². The van der Waals surface area contributed by atoms with Gasteiger partial charge in [0.2, 0.25) is 0 Å². The van der Waals surface area contributed by atoms with E-state index < -0.39 is 0 Å². The van der Waals surface area contributed by atoms with Crippen molar-refractivity contribution in [2.75, 3.05) is 0 Å². The molecule has 0 radical (unpaired) electrons. The van der Waals surface area contributed by atoms with Gasteiger partial charge in [0, 0.05) is 0 Å². The van der Waals surface area contributed by atoms with E-state index >= 15 is 0 Å². The van der Waals surface area contributed by atoms with Crippen LogP contribution < -0.4 is 24.8 Å². The molecule has 3 aromatic rings. The Morgan fingerprint density at radius 3 is 1.91 bits per heavy atom. The van der Waals surface area contributed by atoms with Crippen LogP contribution in [0.1, 0.15) is 131 Å². The predicted molar refractivity (Wildman–Crippen MR) is 234 cm³/mol. The summed E-state index contributed by atoms with van der Waals surface area (Å²) in [5, 5.41) is 0. The van der Waals surface area contributed by atoms with Gasteiger partial charge in [-0.05, 0) is 40.6 Å². The van der Waals surface area contributed by atoms with E-state index in [1.165, 1.54) is 81.0 Å². The number of fused-ring (bicyclic) bond motifs is 6. The Labute approximate surface area is 375 Å². The maximum absolute atomic E-state index is 3.40. The van der Waals surface area contributed by atoms with Crippen molar-refractivity contribution in [3.8, 4) is 0 Å². The number of benzene rings is 3. The van der Waals surface area contributed by atoms with Crippen molar-refractivity contribution in [2.24, 2.45) is 38.9 Å². The molecule has 0 N–H and O–H groups in total. The normalized spacial score (nSPS) is 24.2. The van der Waals surface area contributed by atoms with Crippen LogP contribution >= 0.6 is 0 Å². The number of halogens is 2. The van der Waals surface area contributed by atoms with Crippen LogP contribution in [0.5, 0.6) is 0 Å². The summed E-state index contributed by atoms with van der Waals surface area (Å²) in [6, 6.07) is 30.3. The monoisotopic (exact) mass is 874 g/mol. The number of rotatable bonds is 4. The molecule has 5 aliphatic carbocycles. The molecule has 0 nitrogen and oxygen atoms in total. The van der Waals surface area contributed by atoms with E-state index in [-0.39, 0.29) is 46.5 Å². The summed E-state index contributed by atoms with van der Waals surface area (Å²) < 4.78 is 1.42. The third kappa shape index (κ3) is 8.35. The van der Waals surface area contributed by atoms with E-state index in [9.17, 15) is 0 Å².